The second-order valence-electron chi connectivity index (χ2n) is 10.1. The number of ketones is 1. The van der Waals surface area contributed by atoms with Crippen molar-refractivity contribution in [1.29, 1.82) is 0 Å². The molecule has 2 nitrogen and oxygen atoms in total. The van der Waals surface area contributed by atoms with Crippen LogP contribution in [0.4, 0.5) is 0 Å². The van der Waals surface area contributed by atoms with E-state index in [4.69, 9.17) is 0 Å². The average molecular weight is 514 g/mol. The molecular weight excluding hydrogens is 486 g/mol. The highest BCUT2D eigenvalue weighted by Gasteiger charge is 2.34. The van der Waals surface area contributed by atoms with E-state index in [9.17, 15) is 4.79 Å². The Kier molecular flexibility index (Phi) is 6.07. The molecule has 1 aromatic heterocycles. The Bertz CT molecular complexity index is 1890. The molecule has 0 unspecified atom stereocenters. The maximum absolute atomic E-state index is 13.8. The number of aromatic nitrogens is 1. The molecule has 7 rings (SSSR count). The summed E-state index contributed by atoms with van der Waals surface area (Å²) in [5, 5.41) is 1.19. The first-order chi connectivity index (χ1) is 19.8. The van der Waals surface area contributed by atoms with Crippen LogP contribution in [0.3, 0.4) is 0 Å². The molecule has 0 saturated heterocycles. The van der Waals surface area contributed by atoms with E-state index in [1.54, 1.807) is 0 Å². The van der Waals surface area contributed by atoms with Gasteiger partial charge in [-0.2, -0.15) is 0 Å². The number of hydrogen-bond acceptors (Lipinski definition) is 1. The number of nitrogens with zero attached hydrogens (tertiary/aromatic N) is 1. The van der Waals surface area contributed by atoms with Crippen LogP contribution in [0, 0.1) is 0 Å². The topological polar surface area (TPSA) is 22.0 Å². The van der Waals surface area contributed by atoms with Crippen molar-refractivity contribution in [3.63, 3.8) is 0 Å². The van der Waals surface area contributed by atoms with Crippen molar-refractivity contribution < 1.29 is 4.79 Å². The predicted octanol–water partition coefficient (Wildman–Crippen LogP) is 8.93. The van der Waals surface area contributed by atoms with Gasteiger partial charge >= 0.3 is 0 Å². The van der Waals surface area contributed by atoms with E-state index >= 15 is 0 Å². The van der Waals surface area contributed by atoms with Crippen molar-refractivity contribution in [3.05, 3.63) is 185 Å². The normalized spacial score (nSPS) is 13.7. The van der Waals surface area contributed by atoms with Gasteiger partial charge in [0, 0.05) is 39.7 Å². The van der Waals surface area contributed by atoms with Crippen LogP contribution in [-0.4, -0.2) is 10.4 Å². The maximum atomic E-state index is 13.8. The summed E-state index contributed by atoms with van der Waals surface area (Å²) in [5.41, 5.74) is 10.8. The molecule has 190 valence electrons. The summed E-state index contributed by atoms with van der Waals surface area (Å²) in [6, 6.07) is 49.8. The summed E-state index contributed by atoms with van der Waals surface area (Å²) in [6.45, 7) is 0.706. The molecule has 0 atom stereocenters. The first kappa shape index (κ1) is 23.9. The van der Waals surface area contributed by atoms with Crippen molar-refractivity contribution in [1.82, 2.24) is 4.57 Å². The molecule has 0 fully saturated rings. The first-order valence-electron chi connectivity index (χ1n) is 13.6. The largest absolute Gasteiger partial charge is 0.335 e. The lowest BCUT2D eigenvalue weighted by molar-refractivity contribution is 0.104. The van der Waals surface area contributed by atoms with E-state index < -0.39 is 0 Å². The van der Waals surface area contributed by atoms with E-state index in [2.05, 4.69) is 108 Å². The van der Waals surface area contributed by atoms with Crippen molar-refractivity contribution >= 4 is 33.4 Å². The Balaban J connectivity index is 1.59. The fourth-order valence-corrected chi connectivity index (χ4v) is 5.90. The zero-order valence-electron chi connectivity index (χ0n) is 22.0. The Labute approximate surface area is 234 Å². The molecule has 0 aliphatic heterocycles. The van der Waals surface area contributed by atoms with E-state index in [1.165, 1.54) is 16.5 Å². The number of carbonyl (C=O) groups is 1. The van der Waals surface area contributed by atoms with E-state index in [0.717, 1.165) is 39.1 Å². The maximum Gasteiger partial charge on any atom is 0.186 e. The lowest BCUT2D eigenvalue weighted by atomic mass is 9.91. The average Bonchev–Trinajstić information content (AvgIpc) is 3.52. The van der Waals surface area contributed by atoms with Gasteiger partial charge in [-0.3, -0.25) is 4.79 Å². The standard InChI is InChI=1S/C38H27NO/c40-34(28-17-7-2-8-18-28)25-32-35(29-19-9-3-10-20-29)36(30-21-11-4-12-22-30)37-31-23-13-14-24-33(31)39(38(32)37)26-27-15-5-1-6-16-27/h1-25H,26H2/b32-25-. The summed E-state index contributed by atoms with van der Waals surface area (Å²) >= 11 is 0. The monoisotopic (exact) mass is 513 g/mol. The Morgan fingerprint density at radius 2 is 1.10 bits per heavy atom. The molecule has 0 spiro atoms. The third-order valence-corrected chi connectivity index (χ3v) is 7.64. The molecule has 0 N–H and O–H groups in total. The van der Waals surface area contributed by atoms with Gasteiger partial charge in [-0.15, -0.1) is 0 Å². The number of rotatable bonds is 6. The van der Waals surface area contributed by atoms with E-state index in [-0.39, 0.29) is 5.78 Å². The summed E-state index contributed by atoms with van der Waals surface area (Å²) in [4.78, 5) is 13.8. The van der Waals surface area contributed by atoms with Gasteiger partial charge in [-0.1, -0.05) is 140 Å². The molecule has 1 aliphatic carbocycles. The zero-order valence-corrected chi connectivity index (χ0v) is 22.0. The second-order valence-corrected chi connectivity index (χ2v) is 10.1. The number of hydrogen-bond donors (Lipinski definition) is 0. The molecule has 5 aromatic carbocycles. The third kappa shape index (κ3) is 4.11. The van der Waals surface area contributed by atoms with Gasteiger partial charge in [0.25, 0.3) is 0 Å². The van der Waals surface area contributed by atoms with Crippen molar-refractivity contribution in [3.8, 4) is 0 Å². The molecule has 6 aromatic rings. The van der Waals surface area contributed by atoms with Crippen LogP contribution in [0.5, 0.6) is 0 Å². The highest BCUT2D eigenvalue weighted by atomic mass is 16.1. The van der Waals surface area contributed by atoms with Gasteiger partial charge in [-0.05, 0) is 34.4 Å². The molecule has 1 heterocycles. The molecular formula is C38H27NO. The number of benzene rings is 5. The minimum absolute atomic E-state index is 0.000750. The zero-order chi connectivity index (χ0) is 26.9. The van der Waals surface area contributed by atoms with Crippen LogP contribution >= 0.6 is 0 Å². The fourth-order valence-electron chi connectivity index (χ4n) is 5.90. The lowest BCUT2D eigenvalue weighted by Crippen LogP contribution is -2.05. The van der Waals surface area contributed by atoms with Gasteiger partial charge in [-0.25, -0.2) is 0 Å². The van der Waals surface area contributed by atoms with Gasteiger partial charge in [0.15, 0.2) is 5.78 Å². The van der Waals surface area contributed by atoms with Crippen LogP contribution in [0.1, 0.15) is 38.3 Å². The molecule has 1 aliphatic rings. The second kappa shape index (κ2) is 10.2. The molecule has 0 bridgehead atoms. The third-order valence-electron chi connectivity index (χ3n) is 7.64. The highest BCUT2D eigenvalue weighted by molar-refractivity contribution is 6.30. The van der Waals surface area contributed by atoms with Crippen LogP contribution in [0.25, 0.3) is 27.6 Å². The quantitative estimate of drug-likeness (QED) is 0.161. The number of para-hydroxylation sites is 1. The lowest BCUT2D eigenvalue weighted by Gasteiger charge is -2.15. The van der Waals surface area contributed by atoms with Gasteiger partial charge in [0.05, 0.1) is 5.69 Å². The Hall–Kier alpha value is -5.21. The molecule has 0 radical (unpaired) electrons. The minimum atomic E-state index is 0.000750. The SMILES string of the molecule is O=C(/C=C1/C(c2ccccc2)=C(c2ccccc2)c2c1n(Cc1ccccc1)c1ccccc21)c1ccccc1. The predicted molar refractivity (Wildman–Crippen MR) is 165 cm³/mol. The van der Waals surface area contributed by atoms with Crippen LogP contribution in [0.15, 0.2) is 152 Å². The molecule has 0 amide bonds. The molecule has 2 heteroatoms. The van der Waals surface area contributed by atoms with E-state index in [1.807, 2.05) is 48.5 Å². The number of carbonyl (C=O) groups excluding carboxylic acids is 1. The Morgan fingerprint density at radius 1 is 0.575 bits per heavy atom. The Morgan fingerprint density at radius 3 is 1.75 bits per heavy atom. The van der Waals surface area contributed by atoms with Gasteiger partial charge in [0.2, 0.25) is 0 Å². The van der Waals surface area contributed by atoms with Crippen molar-refractivity contribution in [2.45, 2.75) is 6.54 Å². The van der Waals surface area contributed by atoms with Gasteiger partial charge in [0.1, 0.15) is 0 Å². The summed E-state index contributed by atoms with van der Waals surface area (Å²) in [6.07, 6.45) is 1.85. The number of fused-ring (bicyclic) bond motifs is 3. The van der Waals surface area contributed by atoms with Crippen molar-refractivity contribution in [2.75, 3.05) is 0 Å². The fraction of sp³-hybridized carbons (Fsp3) is 0.0263. The highest BCUT2D eigenvalue weighted by Crippen LogP contribution is 2.53. The van der Waals surface area contributed by atoms with Crippen LogP contribution in [-0.2, 0) is 6.54 Å². The summed E-state index contributed by atoms with van der Waals surface area (Å²) in [5.74, 6) is 0.000750. The van der Waals surface area contributed by atoms with E-state index in [0.29, 0.717) is 12.1 Å². The van der Waals surface area contributed by atoms with Crippen molar-refractivity contribution in [2.24, 2.45) is 0 Å². The molecule has 40 heavy (non-hydrogen) atoms. The smallest absolute Gasteiger partial charge is 0.186 e. The minimum Gasteiger partial charge on any atom is -0.335 e. The number of allylic oxidation sites excluding steroid dienone is 3. The van der Waals surface area contributed by atoms with Crippen LogP contribution in [0.2, 0.25) is 0 Å². The van der Waals surface area contributed by atoms with Crippen LogP contribution < -0.4 is 0 Å². The molecule has 0 saturated carbocycles. The summed E-state index contributed by atoms with van der Waals surface area (Å²) in [7, 11) is 0. The summed E-state index contributed by atoms with van der Waals surface area (Å²) < 4.78 is 2.39. The van der Waals surface area contributed by atoms with Gasteiger partial charge < -0.3 is 4.57 Å². The first-order valence-corrected chi connectivity index (χ1v) is 13.6.